The number of likely N-dealkylation sites (tertiary alicyclic amines) is 1. The van der Waals surface area contributed by atoms with Crippen molar-refractivity contribution in [2.24, 2.45) is 11.8 Å². The molecule has 1 N–H and O–H groups in total. The van der Waals surface area contributed by atoms with Gasteiger partial charge in [0.15, 0.2) is 0 Å². The number of piperidine rings is 1. The van der Waals surface area contributed by atoms with Gasteiger partial charge in [-0.25, -0.2) is 0 Å². The number of carbonyl (C=O) groups is 1. The Morgan fingerprint density at radius 1 is 1.31 bits per heavy atom. The van der Waals surface area contributed by atoms with E-state index in [1.165, 1.54) is 19.3 Å². The number of hydrogen-bond acceptors (Lipinski definition) is 2. The SMILES string of the molecule is CC(C)C1CCCCN1C(=O)C1CCNC1. The van der Waals surface area contributed by atoms with Gasteiger partial charge in [0, 0.05) is 19.1 Å². The monoisotopic (exact) mass is 224 g/mol. The third kappa shape index (κ3) is 2.40. The first-order chi connectivity index (χ1) is 7.70. The smallest absolute Gasteiger partial charge is 0.227 e. The van der Waals surface area contributed by atoms with E-state index in [9.17, 15) is 4.79 Å². The fourth-order valence-electron chi connectivity index (χ4n) is 3.02. The van der Waals surface area contributed by atoms with Crippen molar-refractivity contribution in [3.05, 3.63) is 0 Å². The van der Waals surface area contributed by atoms with Gasteiger partial charge in [-0.3, -0.25) is 4.79 Å². The number of amides is 1. The molecule has 0 radical (unpaired) electrons. The molecule has 0 aliphatic carbocycles. The zero-order valence-electron chi connectivity index (χ0n) is 10.5. The lowest BCUT2D eigenvalue weighted by atomic mass is 9.91. The van der Waals surface area contributed by atoms with Crippen LogP contribution < -0.4 is 5.32 Å². The first-order valence-corrected chi connectivity index (χ1v) is 6.71. The number of hydrogen-bond donors (Lipinski definition) is 1. The fraction of sp³-hybridized carbons (Fsp3) is 0.923. The molecular weight excluding hydrogens is 200 g/mol. The van der Waals surface area contributed by atoms with E-state index >= 15 is 0 Å². The predicted molar refractivity (Wildman–Crippen MR) is 65.2 cm³/mol. The molecule has 2 aliphatic heterocycles. The quantitative estimate of drug-likeness (QED) is 0.773. The third-order valence-electron chi connectivity index (χ3n) is 4.01. The molecule has 0 spiro atoms. The summed E-state index contributed by atoms with van der Waals surface area (Å²) in [6.07, 6.45) is 4.70. The highest BCUT2D eigenvalue weighted by Crippen LogP contribution is 2.25. The Hall–Kier alpha value is -0.570. The summed E-state index contributed by atoms with van der Waals surface area (Å²) in [4.78, 5) is 14.6. The van der Waals surface area contributed by atoms with Gasteiger partial charge in [-0.1, -0.05) is 13.8 Å². The average Bonchev–Trinajstić information content (AvgIpc) is 2.81. The summed E-state index contributed by atoms with van der Waals surface area (Å²) in [6.45, 7) is 7.36. The molecule has 2 fully saturated rings. The summed E-state index contributed by atoms with van der Waals surface area (Å²) in [5.74, 6) is 1.25. The highest BCUT2D eigenvalue weighted by molar-refractivity contribution is 5.79. The maximum absolute atomic E-state index is 12.4. The summed E-state index contributed by atoms with van der Waals surface area (Å²) >= 11 is 0. The van der Waals surface area contributed by atoms with Crippen molar-refractivity contribution in [3.8, 4) is 0 Å². The maximum atomic E-state index is 12.4. The molecule has 16 heavy (non-hydrogen) atoms. The number of nitrogens with zero attached hydrogens (tertiary/aromatic N) is 1. The van der Waals surface area contributed by atoms with E-state index in [-0.39, 0.29) is 5.92 Å². The van der Waals surface area contributed by atoms with E-state index < -0.39 is 0 Å². The Morgan fingerprint density at radius 3 is 2.75 bits per heavy atom. The molecule has 2 atom stereocenters. The highest BCUT2D eigenvalue weighted by atomic mass is 16.2. The molecular formula is C13H24N2O. The van der Waals surface area contributed by atoms with Gasteiger partial charge in [-0.15, -0.1) is 0 Å². The summed E-state index contributed by atoms with van der Waals surface area (Å²) < 4.78 is 0. The maximum Gasteiger partial charge on any atom is 0.227 e. The van der Waals surface area contributed by atoms with E-state index in [0.29, 0.717) is 17.9 Å². The lowest BCUT2D eigenvalue weighted by Crippen LogP contribution is -2.49. The third-order valence-corrected chi connectivity index (χ3v) is 4.01. The van der Waals surface area contributed by atoms with Crippen LogP contribution in [0.2, 0.25) is 0 Å². The normalized spacial score (nSPS) is 31.1. The molecule has 0 aromatic carbocycles. The molecule has 2 unspecified atom stereocenters. The minimum absolute atomic E-state index is 0.249. The Labute approximate surface area is 98.6 Å². The zero-order valence-corrected chi connectivity index (χ0v) is 10.5. The average molecular weight is 224 g/mol. The second kappa shape index (κ2) is 5.17. The molecule has 2 heterocycles. The Kier molecular flexibility index (Phi) is 3.85. The van der Waals surface area contributed by atoms with Gasteiger partial charge in [0.05, 0.1) is 5.92 Å². The van der Waals surface area contributed by atoms with Crippen molar-refractivity contribution in [3.63, 3.8) is 0 Å². The molecule has 0 aromatic rings. The van der Waals surface area contributed by atoms with Gasteiger partial charge in [0.2, 0.25) is 5.91 Å². The first-order valence-electron chi connectivity index (χ1n) is 6.71. The highest BCUT2D eigenvalue weighted by Gasteiger charge is 2.33. The van der Waals surface area contributed by atoms with Crippen LogP contribution in [0.5, 0.6) is 0 Å². The van der Waals surface area contributed by atoms with Crippen LogP contribution >= 0.6 is 0 Å². The minimum Gasteiger partial charge on any atom is -0.339 e. The molecule has 0 saturated carbocycles. The molecule has 2 aliphatic rings. The van der Waals surface area contributed by atoms with Gasteiger partial charge >= 0.3 is 0 Å². The topological polar surface area (TPSA) is 32.3 Å². The summed E-state index contributed by atoms with van der Waals surface area (Å²) in [5, 5.41) is 3.29. The standard InChI is InChI=1S/C13H24N2O/c1-10(2)12-5-3-4-8-15(12)13(16)11-6-7-14-9-11/h10-12,14H,3-9H2,1-2H3. The predicted octanol–water partition coefficient (Wildman–Crippen LogP) is 1.63. The molecule has 1 amide bonds. The van der Waals surface area contributed by atoms with Gasteiger partial charge in [0.1, 0.15) is 0 Å². The first kappa shape index (κ1) is 11.9. The van der Waals surface area contributed by atoms with Crippen molar-refractivity contribution in [2.75, 3.05) is 19.6 Å². The second-order valence-corrected chi connectivity index (χ2v) is 5.53. The zero-order chi connectivity index (χ0) is 11.5. The van der Waals surface area contributed by atoms with E-state index in [1.54, 1.807) is 0 Å². The molecule has 0 bridgehead atoms. The van der Waals surface area contributed by atoms with Crippen molar-refractivity contribution >= 4 is 5.91 Å². The second-order valence-electron chi connectivity index (χ2n) is 5.53. The number of carbonyl (C=O) groups excluding carboxylic acids is 1. The van der Waals surface area contributed by atoms with Gasteiger partial charge in [-0.2, -0.15) is 0 Å². The summed E-state index contributed by atoms with van der Waals surface area (Å²) in [7, 11) is 0. The number of nitrogens with one attached hydrogen (secondary N) is 1. The van der Waals surface area contributed by atoms with Crippen LogP contribution in [0.25, 0.3) is 0 Å². The van der Waals surface area contributed by atoms with Crippen LogP contribution in [0.3, 0.4) is 0 Å². The number of rotatable bonds is 2. The van der Waals surface area contributed by atoms with Crippen molar-refractivity contribution < 1.29 is 4.79 Å². The molecule has 3 nitrogen and oxygen atoms in total. The lowest BCUT2D eigenvalue weighted by molar-refractivity contribution is -0.139. The van der Waals surface area contributed by atoms with Crippen LogP contribution in [0.1, 0.15) is 39.5 Å². The summed E-state index contributed by atoms with van der Waals surface area (Å²) in [6, 6.07) is 0.488. The van der Waals surface area contributed by atoms with Crippen molar-refractivity contribution in [2.45, 2.75) is 45.6 Å². The van der Waals surface area contributed by atoms with Crippen molar-refractivity contribution in [1.82, 2.24) is 10.2 Å². The van der Waals surface area contributed by atoms with Gasteiger partial charge in [0.25, 0.3) is 0 Å². The molecule has 92 valence electrons. The van der Waals surface area contributed by atoms with Gasteiger partial charge in [-0.05, 0) is 38.1 Å². The van der Waals surface area contributed by atoms with Gasteiger partial charge < -0.3 is 10.2 Å². The van der Waals surface area contributed by atoms with Crippen LogP contribution in [0, 0.1) is 11.8 Å². The largest absolute Gasteiger partial charge is 0.339 e. The van der Waals surface area contributed by atoms with E-state index in [0.717, 1.165) is 26.1 Å². The fourth-order valence-corrected chi connectivity index (χ4v) is 3.02. The van der Waals surface area contributed by atoms with E-state index in [4.69, 9.17) is 0 Å². The van der Waals surface area contributed by atoms with E-state index in [2.05, 4.69) is 24.1 Å². The van der Waals surface area contributed by atoms with E-state index in [1.807, 2.05) is 0 Å². The lowest BCUT2D eigenvalue weighted by Gasteiger charge is -2.39. The van der Waals surface area contributed by atoms with Crippen LogP contribution in [0.15, 0.2) is 0 Å². The molecule has 0 aromatic heterocycles. The summed E-state index contributed by atoms with van der Waals surface area (Å²) in [5.41, 5.74) is 0. The molecule has 2 rings (SSSR count). The Bertz CT molecular complexity index is 246. The molecule has 3 heteroatoms. The van der Waals surface area contributed by atoms with Crippen molar-refractivity contribution in [1.29, 1.82) is 0 Å². The van der Waals surface area contributed by atoms with Crippen LogP contribution in [0.4, 0.5) is 0 Å². The molecule has 2 saturated heterocycles. The minimum atomic E-state index is 0.249. The Morgan fingerprint density at radius 2 is 2.12 bits per heavy atom. The Balaban J connectivity index is 2.01. The van der Waals surface area contributed by atoms with Crippen LogP contribution in [-0.2, 0) is 4.79 Å². The van der Waals surface area contributed by atoms with Crippen LogP contribution in [-0.4, -0.2) is 36.5 Å².